The summed E-state index contributed by atoms with van der Waals surface area (Å²) < 4.78 is 8.96. The van der Waals surface area contributed by atoms with Gasteiger partial charge < -0.3 is 9.30 Å². The molecule has 0 N–H and O–H groups in total. The van der Waals surface area contributed by atoms with Crippen LogP contribution in [-0.4, -0.2) is 27.4 Å². The Morgan fingerprint density at radius 1 is 1.08 bits per heavy atom. The van der Waals surface area contributed by atoms with Crippen LogP contribution < -0.4 is 15.2 Å². The van der Waals surface area contributed by atoms with Gasteiger partial charge in [-0.1, -0.05) is 55.2 Å². The molecule has 1 aliphatic rings. The van der Waals surface area contributed by atoms with Crippen molar-refractivity contribution in [2.75, 3.05) is 12.0 Å². The molecule has 7 nitrogen and oxygen atoms in total. The number of pyridine rings is 1. The molecule has 1 atom stereocenters. The number of carbonyl (C=O) groups is 1. The molecule has 0 saturated carbocycles. The summed E-state index contributed by atoms with van der Waals surface area (Å²) in [6, 6.07) is 14.4. The van der Waals surface area contributed by atoms with Gasteiger partial charge >= 0.3 is 0 Å². The summed E-state index contributed by atoms with van der Waals surface area (Å²) >= 11 is 12.6. The highest BCUT2D eigenvalue weighted by Gasteiger charge is 2.41. The van der Waals surface area contributed by atoms with Gasteiger partial charge in [-0.25, -0.2) is 4.68 Å². The Labute approximate surface area is 231 Å². The van der Waals surface area contributed by atoms with Gasteiger partial charge in [0, 0.05) is 23.8 Å². The summed E-state index contributed by atoms with van der Waals surface area (Å²) in [5.41, 5.74) is 5.47. The molecule has 38 heavy (non-hydrogen) atoms. The zero-order chi connectivity index (χ0) is 27.3. The van der Waals surface area contributed by atoms with Crippen molar-refractivity contribution in [2.24, 2.45) is 7.05 Å². The van der Waals surface area contributed by atoms with E-state index in [0.717, 1.165) is 28.1 Å². The number of methoxy groups -OCH3 is 1. The van der Waals surface area contributed by atoms with E-state index in [1.165, 1.54) is 4.57 Å². The fraction of sp³-hybridized carbons (Fsp3) is 0.276. The van der Waals surface area contributed by atoms with Crippen molar-refractivity contribution in [1.82, 2.24) is 14.3 Å². The van der Waals surface area contributed by atoms with Crippen LogP contribution in [0, 0.1) is 6.92 Å². The lowest BCUT2D eigenvalue weighted by Crippen LogP contribution is -2.42. The standard InChI is InChI=1S/C29H28Cl2N4O3/c1-16(2)27-26-22(32-35(27)23-8-6-7-9-24(23)38-5)14-25(36)34(19-13-21(31)29(37)33(4)15-19)28(26)20-11-10-18(30)12-17(20)3/h6-13,15-16,28H,14H2,1-5H3. The molecule has 0 spiro atoms. The normalized spacial score (nSPS) is 15.2. The highest BCUT2D eigenvalue weighted by Crippen LogP contribution is 2.45. The number of benzene rings is 2. The van der Waals surface area contributed by atoms with Crippen molar-refractivity contribution >= 4 is 34.8 Å². The highest BCUT2D eigenvalue weighted by atomic mass is 35.5. The molecule has 0 radical (unpaired) electrons. The largest absolute Gasteiger partial charge is 0.494 e. The van der Waals surface area contributed by atoms with Crippen LogP contribution in [0.5, 0.6) is 5.75 Å². The predicted octanol–water partition coefficient (Wildman–Crippen LogP) is 6.00. The van der Waals surface area contributed by atoms with Gasteiger partial charge in [0.15, 0.2) is 0 Å². The molecule has 3 heterocycles. The quantitative estimate of drug-likeness (QED) is 0.305. The first-order valence-electron chi connectivity index (χ1n) is 12.3. The summed E-state index contributed by atoms with van der Waals surface area (Å²) in [6.07, 6.45) is 1.75. The number of anilines is 1. The molecular weight excluding hydrogens is 523 g/mol. The number of ether oxygens (including phenoxy) is 1. The van der Waals surface area contributed by atoms with Gasteiger partial charge in [-0.05, 0) is 54.3 Å². The number of para-hydroxylation sites is 2. The molecule has 2 aromatic heterocycles. The molecule has 0 aliphatic carbocycles. The number of aromatic nitrogens is 3. The summed E-state index contributed by atoms with van der Waals surface area (Å²) in [5, 5.41) is 5.64. The molecule has 0 bridgehead atoms. The van der Waals surface area contributed by atoms with E-state index < -0.39 is 6.04 Å². The van der Waals surface area contributed by atoms with Crippen molar-refractivity contribution in [2.45, 2.75) is 39.2 Å². The predicted molar refractivity (Wildman–Crippen MR) is 150 cm³/mol. The lowest BCUT2D eigenvalue weighted by molar-refractivity contribution is -0.118. The van der Waals surface area contributed by atoms with Crippen molar-refractivity contribution in [1.29, 1.82) is 0 Å². The minimum atomic E-state index is -0.516. The first kappa shape index (κ1) is 26.1. The van der Waals surface area contributed by atoms with E-state index in [2.05, 4.69) is 13.8 Å². The van der Waals surface area contributed by atoms with Crippen LogP contribution in [0.25, 0.3) is 5.69 Å². The van der Waals surface area contributed by atoms with Crippen molar-refractivity contribution < 1.29 is 9.53 Å². The third-order valence-corrected chi connectivity index (χ3v) is 7.45. The number of amides is 1. The zero-order valence-electron chi connectivity index (χ0n) is 21.8. The first-order chi connectivity index (χ1) is 18.1. The van der Waals surface area contributed by atoms with Gasteiger partial charge in [-0.15, -0.1) is 0 Å². The van der Waals surface area contributed by atoms with Gasteiger partial charge in [0.1, 0.15) is 16.5 Å². The third kappa shape index (κ3) is 4.29. The fourth-order valence-corrected chi connectivity index (χ4v) is 5.76. The van der Waals surface area contributed by atoms with E-state index in [0.29, 0.717) is 22.2 Å². The van der Waals surface area contributed by atoms with E-state index >= 15 is 0 Å². The van der Waals surface area contributed by atoms with Crippen molar-refractivity contribution in [3.63, 3.8) is 0 Å². The molecule has 4 aromatic rings. The zero-order valence-corrected chi connectivity index (χ0v) is 23.3. The van der Waals surface area contributed by atoms with Crippen LogP contribution in [0.4, 0.5) is 5.69 Å². The average molecular weight is 551 g/mol. The fourth-order valence-electron chi connectivity index (χ4n) is 5.28. The second-order valence-electron chi connectivity index (χ2n) is 9.79. The van der Waals surface area contributed by atoms with Crippen LogP contribution in [0.2, 0.25) is 10.0 Å². The number of nitrogens with zero attached hydrogens (tertiary/aromatic N) is 4. The number of hydrogen-bond acceptors (Lipinski definition) is 4. The van der Waals surface area contributed by atoms with Gasteiger partial charge in [0.25, 0.3) is 5.56 Å². The maximum Gasteiger partial charge on any atom is 0.269 e. The number of hydrogen-bond donors (Lipinski definition) is 0. The minimum absolute atomic E-state index is 0.0453. The van der Waals surface area contributed by atoms with Crippen LogP contribution in [-0.2, 0) is 18.3 Å². The molecule has 9 heteroatoms. The molecular formula is C29H28Cl2N4O3. The summed E-state index contributed by atoms with van der Waals surface area (Å²) in [6.45, 7) is 6.20. The Morgan fingerprint density at radius 3 is 2.47 bits per heavy atom. The van der Waals surface area contributed by atoms with Gasteiger partial charge in [-0.3, -0.25) is 14.5 Å². The van der Waals surface area contributed by atoms with E-state index in [4.69, 9.17) is 33.0 Å². The first-order valence-corrected chi connectivity index (χ1v) is 13.1. The average Bonchev–Trinajstić information content (AvgIpc) is 3.25. The Bertz CT molecular complexity index is 1600. The van der Waals surface area contributed by atoms with Crippen molar-refractivity contribution in [3.8, 4) is 11.4 Å². The molecule has 0 fully saturated rings. The molecule has 0 saturated heterocycles. The third-order valence-electron chi connectivity index (χ3n) is 6.94. The molecule has 5 rings (SSSR count). The number of rotatable bonds is 5. The van der Waals surface area contributed by atoms with Gasteiger partial charge in [0.05, 0.1) is 36.6 Å². The summed E-state index contributed by atoms with van der Waals surface area (Å²) in [5.74, 6) is 0.595. The van der Waals surface area contributed by atoms with Crippen LogP contribution in [0.3, 0.4) is 0 Å². The maximum absolute atomic E-state index is 13.9. The van der Waals surface area contributed by atoms with E-state index in [1.54, 1.807) is 31.3 Å². The lowest BCUT2D eigenvalue weighted by atomic mass is 9.85. The van der Waals surface area contributed by atoms with Gasteiger partial charge in [-0.2, -0.15) is 5.10 Å². The second-order valence-corrected chi connectivity index (χ2v) is 10.6. The lowest BCUT2D eigenvalue weighted by Gasteiger charge is -2.37. The number of fused-ring (bicyclic) bond motifs is 1. The van der Waals surface area contributed by atoms with E-state index in [1.807, 2.05) is 54.1 Å². The number of carbonyl (C=O) groups excluding carboxylic acids is 1. The highest BCUT2D eigenvalue weighted by molar-refractivity contribution is 6.31. The molecule has 1 aliphatic heterocycles. The Balaban J connectivity index is 1.85. The Kier molecular flexibility index (Phi) is 6.84. The van der Waals surface area contributed by atoms with E-state index in [9.17, 15) is 9.59 Å². The Hall–Kier alpha value is -3.55. The van der Waals surface area contributed by atoms with E-state index in [-0.39, 0.29) is 28.8 Å². The van der Waals surface area contributed by atoms with Crippen LogP contribution in [0.1, 0.15) is 53.9 Å². The van der Waals surface area contributed by atoms with Gasteiger partial charge in [0.2, 0.25) is 5.91 Å². The Morgan fingerprint density at radius 2 is 1.82 bits per heavy atom. The number of halogens is 2. The van der Waals surface area contributed by atoms with Crippen LogP contribution >= 0.6 is 23.2 Å². The molecule has 2 aromatic carbocycles. The van der Waals surface area contributed by atoms with Crippen LogP contribution in [0.15, 0.2) is 59.5 Å². The monoisotopic (exact) mass is 550 g/mol. The summed E-state index contributed by atoms with van der Waals surface area (Å²) in [4.78, 5) is 28.0. The second kappa shape index (κ2) is 9.97. The van der Waals surface area contributed by atoms with Crippen molar-refractivity contribution in [3.05, 3.63) is 103 Å². The number of aryl methyl sites for hydroxylation is 2. The topological polar surface area (TPSA) is 69.4 Å². The maximum atomic E-state index is 13.9. The summed E-state index contributed by atoms with van der Waals surface area (Å²) in [7, 11) is 3.26. The SMILES string of the molecule is COc1ccccc1-n1nc2c(c1C(C)C)C(c1ccc(Cl)cc1C)N(c1cc(Cl)c(=O)n(C)c1)C(=O)C2. The smallest absolute Gasteiger partial charge is 0.269 e. The molecule has 1 amide bonds. The molecule has 196 valence electrons. The molecule has 1 unspecified atom stereocenters. The minimum Gasteiger partial charge on any atom is -0.494 e.